The van der Waals surface area contributed by atoms with Crippen LogP contribution in [0.3, 0.4) is 0 Å². The molecule has 3 aromatic rings. The summed E-state index contributed by atoms with van der Waals surface area (Å²) in [5.74, 6) is 0.441. The molecule has 3 aliphatic heterocycles. The van der Waals surface area contributed by atoms with Gasteiger partial charge < -0.3 is 9.64 Å². The molecule has 6 rings (SSSR count). The second-order valence-corrected chi connectivity index (χ2v) is 11.4. The van der Waals surface area contributed by atoms with Crippen LogP contribution in [-0.4, -0.2) is 74.8 Å². The van der Waals surface area contributed by atoms with Crippen molar-refractivity contribution >= 4 is 51.7 Å². The van der Waals surface area contributed by atoms with E-state index in [0.717, 1.165) is 52.2 Å². The molecule has 2 aromatic heterocycles. The minimum atomic E-state index is -0.193. The summed E-state index contributed by atoms with van der Waals surface area (Å²) < 4.78 is 7.76. The number of hydrogen-bond donors (Lipinski definition) is 0. The van der Waals surface area contributed by atoms with Crippen LogP contribution in [0, 0.1) is 0 Å². The number of amides is 1. The predicted octanol–water partition coefficient (Wildman–Crippen LogP) is 3.40. The van der Waals surface area contributed by atoms with Crippen molar-refractivity contribution < 1.29 is 9.53 Å². The Morgan fingerprint density at radius 2 is 1.84 bits per heavy atom. The monoisotopic (exact) mass is 547 g/mol. The standard InChI is InChI=1S/C28H29N5O3S2/c34-26-22(17-23-27(35)33(28(37)38-23)19-21-9-6-16-36-21)25(29-24-10-4-5-11-32(24)26)31-14-12-30(13-15-31)18-20-7-2-1-3-8-20/h1-5,7-8,10-11,17,21H,6,9,12-16,18-19H2/b23-17+/t21-/m1/s1. The molecule has 1 aromatic carbocycles. The Balaban J connectivity index is 1.29. The SMILES string of the molecule is O=C1/C(=C\c2c(N3CCN(Cc4ccccc4)CC3)nc3ccccn3c2=O)SC(=S)N1C[C@H]1CCCO1. The first-order valence-electron chi connectivity index (χ1n) is 13.0. The van der Waals surface area contributed by atoms with Crippen molar-refractivity contribution in [1.29, 1.82) is 0 Å². The lowest BCUT2D eigenvalue weighted by atomic mass is 10.2. The van der Waals surface area contributed by atoms with Gasteiger partial charge in [-0.3, -0.25) is 23.8 Å². The zero-order chi connectivity index (χ0) is 26.1. The molecule has 1 amide bonds. The van der Waals surface area contributed by atoms with Gasteiger partial charge in [0.15, 0.2) is 0 Å². The summed E-state index contributed by atoms with van der Waals surface area (Å²) in [6.45, 7) is 5.25. The molecular weight excluding hydrogens is 518 g/mol. The van der Waals surface area contributed by atoms with Crippen LogP contribution < -0.4 is 10.5 Å². The Kier molecular flexibility index (Phi) is 7.29. The molecular formula is C28H29N5O3S2. The Labute approximate surface area is 230 Å². The van der Waals surface area contributed by atoms with E-state index in [1.165, 1.54) is 21.7 Å². The molecule has 3 aliphatic rings. The van der Waals surface area contributed by atoms with Gasteiger partial charge in [0.2, 0.25) is 0 Å². The van der Waals surface area contributed by atoms with E-state index in [4.69, 9.17) is 21.9 Å². The number of carbonyl (C=O) groups excluding carboxylic acids is 1. The van der Waals surface area contributed by atoms with Crippen molar-refractivity contribution in [2.75, 3.05) is 44.2 Å². The molecule has 0 aliphatic carbocycles. The third kappa shape index (κ3) is 5.13. The molecule has 0 spiro atoms. The van der Waals surface area contributed by atoms with Crippen LogP contribution in [0.2, 0.25) is 0 Å². The number of thiocarbonyl (C=S) groups is 1. The molecule has 5 heterocycles. The van der Waals surface area contributed by atoms with Crippen molar-refractivity contribution in [2.45, 2.75) is 25.5 Å². The van der Waals surface area contributed by atoms with E-state index < -0.39 is 0 Å². The summed E-state index contributed by atoms with van der Waals surface area (Å²) in [5, 5.41) is 0. The quantitative estimate of drug-likeness (QED) is 0.344. The first-order valence-corrected chi connectivity index (χ1v) is 14.2. The van der Waals surface area contributed by atoms with Crippen molar-refractivity contribution in [2.24, 2.45) is 0 Å². The number of hydrogen-bond acceptors (Lipinski definition) is 8. The molecule has 3 saturated heterocycles. The number of fused-ring (bicyclic) bond motifs is 1. The van der Waals surface area contributed by atoms with Gasteiger partial charge in [0.25, 0.3) is 11.5 Å². The third-order valence-electron chi connectivity index (χ3n) is 7.23. The number of pyridine rings is 1. The highest BCUT2D eigenvalue weighted by molar-refractivity contribution is 8.26. The van der Waals surface area contributed by atoms with Gasteiger partial charge in [0, 0.05) is 45.5 Å². The molecule has 0 saturated carbocycles. The summed E-state index contributed by atoms with van der Waals surface area (Å²) in [6.07, 6.45) is 5.33. The molecule has 1 atom stereocenters. The lowest BCUT2D eigenvalue weighted by molar-refractivity contribution is -0.123. The van der Waals surface area contributed by atoms with E-state index in [-0.39, 0.29) is 17.6 Å². The van der Waals surface area contributed by atoms with Gasteiger partial charge in [-0.1, -0.05) is 60.4 Å². The fourth-order valence-electron chi connectivity index (χ4n) is 5.20. The molecule has 8 nitrogen and oxygen atoms in total. The number of carbonyl (C=O) groups is 1. The second kappa shape index (κ2) is 11.0. The molecule has 10 heteroatoms. The zero-order valence-corrected chi connectivity index (χ0v) is 22.6. The molecule has 0 N–H and O–H groups in total. The molecule has 0 bridgehead atoms. The number of piperazine rings is 1. The van der Waals surface area contributed by atoms with Gasteiger partial charge in [-0.05, 0) is 36.6 Å². The van der Waals surface area contributed by atoms with Crippen molar-refractivity contribution in [3.63, 3.8) is 0 Å². The fourth-order valence-corrected chi connectivity index (χ4v) is 6.46. The Bertz CT molecular complexity index is 1440. The van der Waals surface area contributed by atoms with Crippen LogP contribution in [0.4, 0.5) is 5.82 Å². The highest BCUT2D eigenvalue weighted by Crippen LogP contribution is 2.34. The lowest BCUT2D eigenvalue weighted by Gasteiger charge is -2.36. The summed E-state index contributed by atoms with van der Waals surface area (Å²) in [5.41, 5.74) is 2.10. The van der Waals surface area contributed by atoms with Crippen LogP contribution in [0.1, 0.15) is 24.0 Å². The van der Waals surface area contributed by atoms with Crippen molar-refractivity contribution in [3.8, 4) is 0 Å². The first-order chi connectivity index (χ1) is 18.6. The van der Waals surface area contributed by atoms with Crippen molar-refractivity contribution in [1.82, 2.24) is 19.2 Å². The normalized spacial score (nSPS) is 21.8. The number of thioether (sulfide) groups is 1. The van der Waals surface area contributed by atoms with Gasteiger partial charge in [-0.15, -0.1) is 0 Å². The number of rotatable bonds is 6. The Morgan fingerprint density at radius 3 is 2.61 bits per heavy atom. The molecule has 3 fully saturated rings. The summed E-state index contributed by atoms with van der Waals surface area (Å²) in [6, 6.07) is 16.0. The summed E-state index contributed by atoms with van der Waals surface area (Å²) in [7, 11) is 0. The van der Waals surface area contributed by atoms with Crippen LogP contribution in [0.5, 0.6) is 0 Å². The Morgan fingerprint density at radius 1 is 1.05 bits per heavy atom. The van der Waals surface area contributed by atoms with Crippen LogP contribution in [0.25, 0.3) is 11.7 Å². The largest absolute Gasteiger partial charge is 0.376 e. The molecule has 196 valence electrons. The van der Waals surface area contributed by atoms with Gasteiger partial charge in [0.1, 0.15) is 15.8 Å². The van der Waals surface area contributed by atoms with Crippen molar-refractivity contribution in [3.05, 3.63) is 81.1 Å². The number of anilines is 1. The average Bonchev–Trinajstić information content (AvgIpc) is 3.55. The highest BCUT2D eigenvalue weighted by Gasteiger charge is 2.35. The van der Waals surface area contributed by atoms with E-state index in [0.29, 0.717) is 32.8 Å². The number of aromatic nitrogens is 2. The topological polar surface area (TPSA) is 70.4 Å². The first kappa shape index (κ1) is 25.2. The van der Waals surface area contributed by atoms with E-state index >= 15 is 0 Å². The molecule has 0 radical (unpaired) electrons. The maximum absolute atomic E-state index is 13.7. The number of nitrogens with zero attached hydrogens (tertiary/aromatic N) is 5. The molecule has 38 heavy (non-hydrogen) atoms. The Hall–Kier alpha value is -3.05. The highest BCUT2D eigenvalue weighted by atomic mass is 32.2. The van der Waals surface area contributed by atoms with Gasteiger partial charge >= 0.3 is 0 Å². The van der Waals surface area contributed by atoms with E-state index in [1.54, 1.807) is 17.2 Å². The molecule has 0 unspecified atom stereocenters. The summed E-state index contributed by atoms with van der Waals surface area (Å²) >= 11 is 6.78. The van der Waals surface area contributed by atoms with Gasteiger partial charge in [0.05, 0.1) is 23.1 Å². The van der Waals surface area contributed by atoms with E-state index in [9.17, 15) is 9.59 Å². The third-order valence-corrected chi connectivity index (χ3v) is 8.61. The predicted molar refractivity (Wildman–Crippen MR) is 154 cm³/mol. The van der Waals surface area contributed by atoms with Gasteiger partial charge in [-0.25, -0.2) is 4.98 Å². The second-order valence-electron chi connectivity index (χ2n) is 9.76. The maximum atomic E-state index is 13.7. The van der Waals surface area contributed by atoms with E-state index in [2.05, 4.69) is 34.1 Å². The van der Waals surface area contributed by atoms with Crippen LogP contribution in [0.15, 0.2) is 64.4 Å². The minimum Gasteiger partial charge on any atom is -0.376 e. The zero-order valence-electron chi connectivity index (χ0n) is 21.0. The lowest BCUT2D eigenvalue weighted by Crippen LogP contribution is -2.47. The maximum Gasteiger partial charge on any atom is 0.267 e. The number of ether oxygens (including phenoxy) is 1. The smallest absolute Gasteiger partial charge is 0.267 e. The fraction of sp³-hybridized carbons (Fsp3) is 0.357. The average molecular weight is 548 g/mol. The summed E-state index contributed by atoms with van der Waals surface area (Å²) in [4.78, 5) is 38.5. The number of benzene rings is 1. The van der Waals surface area contributed by atoms with Crippen LogP contribution in [-0.2, 0) is 16.1 Å². The van der Waals surface area contributed by atoms with E-state index in [1.807, 2.05) is 24.3 Å². The van der Waals surface area contributed by atoms with Gasteiger partial charge in [-0.2, -0.15) is 0 Å². The minimum absolute atomic E-state index is 0.00699. The van der Waals surface area contributed by atoms with Crippen LogP contribution >= 0.6 is 24.0 Å².